The predicted octanol–water partition coefficient (Wildman–Crippen LogP) is 5.68. The number of hydrogen-bond acceptors (Lipinski definition) is 2. The highest BCUT2D eigenvalue weighted by atomic mass is 32.1. The smallest absolute Gasteiger partial charge is 0.319 e. The van der Waals surface area contributed by atoms with Gasteiger partial charge in [-0.25, -0.2) is 4.79 Å². The number of thiophene rings is 1. The molecule has 1 aliphatic rings. The van der Waals surface area contributed by atoms with Crippen LogP contribution in [-0.2, 0) is 10.8 Å². The summed E-state index contributed by atoms with van der Waals surface area (Å²) in [6, 6.07) is 12.3. The fourth-order valence-corrected chi connectivity index (χ4v) is 4.61. The summed E-state index contributed by atoms with van der Waals surface area (Å²) < 4.78 is 0. The van der Waals surface area contributed by atoms with Crippen molar-refractivity contribution in [2.75, 3.05) is 11.9 Å². The summed E-state index contributed by atoms with van der Waals surface area (Å²) in [5, 5.41) is 8.20. The van der Waals surface area contributed by atoms with Crippen molar-refractivity contribution in [2.45, 2.75) is 57.3 Å². The predicted molar refractivity (Wildman–Crippen MR) is 107 cm³/mol. The van der Waals surface area contributed by atoms with Crippen molar-refractivity contribution in [3.8, 4) is 0 Å². The Hall–Kier alpha value is -1.81. The van der Waals surface area contributed by atoms with E-state index >= 15 is 0 Å². The molecule has 1 aliphatic carbocycles. The Kier molecular flexibility index (Phi) is 5.19. The van der Waals surface area contributed by atoms with E-state index in [4.69, 9.17) is 0 Å². The third-order valence-corrected chi connectivity index (χ3v) is 6.32. The number of urea groups is 1. The molecule has 1 heterocycles. The van der Waals surface area contributed by atoms with Crippen molar-refractivity contribution < 1.29 is 4.79 Å². The van der Waals surface area contributed by atoms with Gasteiger partial charge in [-0.3, -0.25) is 0 Å². The minimum atomic E-state index is -0.119. The topological polar surface area (TPSA) is 41.1 Å². The largest absolute Gasteiger partial charge is 0.337 e. The lowest BCUT2D eigenvalue weighted by atomic mass is 9.84. The number of rotatable bonds is 4. The van der Waals surface area contributed by atoms with Gasteiger partial charge >= 0.3 is 6.03 Å². The third kappa shape index (κ3) is 4.24. The van der Waals surface area contributed by atoms with Crippen LogP contribution in [0.1, 0.15) is 56.9 Å². The molecule has 0 unspecified atom stereocenters. The molecule has 3 nitrogen and oxygen atoms in total. The van der Waals surface area contributed by atoms with Crippen molar-refractivity contribution >= 4 is 23.1 Å². The van der Waals surface area contributed by atoms with Crippen LogP contribution >= 0.6 is 11.3 Å². The molecule has 2 amide bonds. The SMILES string of the molecule is CC(C)(C)c1ccc(NC(=O)NCC2(c3cccs3)CCCC2)cc1. The number of carbonyl (C=O) groups excluding carboxylic acids is 1. The van der Waals surface area contributed by atoms with Crippen molar-refractivity contribution in [3.05, 3.63) is 52.2 Å². The molecule has 0 bridgehead atoms. The van der Waals surface area contributed by atoms with Crippen molar-refractivity contribution in [1.82, 2.24) is 5.32 Å². The number of carbonyl (C=O) groups is 1. The maximum atomic E-state index is 12.3. The first-order valence-electron chi connectivity index (χ1n) is 9.08. The minimum absolute atomic E-state index is 0.119. The Morgan fingerprint density at radius 2 is 1.80 bits per heavy atom. The van der Waals surface area contributed by atoms with Gasteiger partial charge in [0.2, 0.25) is 0 Å². The number of anilines is 1. The van der Waals surface area contributed by atoms with Crippen molar-refractivity contribution in [2.24, 2.45) is 0 Å². The van der Waals surface area contributed by atoms with Gasteiger partial charge < -0.3 is 10.6 Å². The fourth-order valence-electron chi connectivity index (χ4n) is 3.62. The zero-order chi connectivity index (χ0) is 17.9. The second-order valence-corrected chi connectivity index (χ2v) is 9.05. The molecule has 2 aromatic rings. The summed E-state index contributed by atoms with van der Waals surface area (Å²) in [7, 11) is 0. The zero-order valence-electron chi connectivity index (χ0n) is 15.4. The molecule has 0 atom stereocenters. The summed E-state index contributed by atoms with van der Waals surface area (Å²) in [6.07, 6.45) is 4.81. The lowest BCUT2D eigenvalue weighted by Gasteiger charge is -2.28. The van der Waals surface area contributed by atoms with E-state index in [1.54, 1.807) is 11.3 Å². The molecule has 1 aromatic heterocycles. The first-order chi connectivity index (χ1) is 11.9. The van der Waals surface area contributed by atoms with Crippen LogP contribution in [0.2, 0.25) is 0 Å². The van der Waals surface area contributed by atoms with E-state index in [-0.39, 0.29) is 16.9 Å². The summed E-state index contributed by atoms with van der Waals surface area (Å²) in [6.45, 7) is 7.27. The second-order valence-electron chi connectivity index (χ2n) is 8.10. The van der Waals surface area contributed by atoms with Gasteiger partial charge in [-0.1, -0.05) is 51.8 Å². The Morgan fingerprint density at radius 3 is 2.36 bits per heavy atom. The number of amides is 2. The quantitative estimate of drug-likeness (QED) is 0.727. The molecule has 0 spiro atoms. The average molecular weight is 357 g/mol. The monoisotopic (exact) mass is 356 g/mol. The van der Waals surface area contributed by atoms with Crippen LogP contribution in [-0.4, -0.2) is 12.6 Å². The highest BCUT2D eigenvalue weighted by Gasteiger charge is 2.36. The molecule has 2 N–H and O–H groups in total. The van der Waals surface area contributed by atoms with E-state index in [2.05, 4.69) is 61.1 Å². The second kappa shape index (κ2) is 7.20. The molecule has 25 heavy (non-hydrogen) atoms. The number of benzene rings is 1. The lowest BCUT2D eigenvalue weighted by molar-refractivity contribution is 0.248. The maximum Gasteiger partial charge on any atom is 0.319 e. The number of hydrogen-bond donors (Lipinski definition) is 2. The van der Waals surface area contributed by atoms with Crippen LogP contribution in [0.15, 0.2) is 41.8 Å². The Balaban J connectivity index is 1.59. The summed E-state index contributed by atoms with van der Waals surface area (Å²) in [5.41, 5.74) is 2.35. The van der Waals surface area contributed by atoms with E-state index in [0.717, 1.165) is 18.5 Å². The van der Waals surface area contributed by atoms with Crippen LogP contribution in [0.25, 0.3) is 0 Å². The van der Waals surface area contributed by atoms with Crippen molar-refractivity contribution in [3.63, 3.8) is 0 Å². The van der Waals surface area contributed by atoms with Crippen LogP contribution in [0.4, 0.5) is 10.5 Å². The normalized spacial score (nSPS) is 16.6. The van der Waals surface area contributed by atoms with E-state index in [0.29, 0.717) is 6.54 Å². The maximum absolute atomic E-state index is 12.3. The van der Waals surface area contributed by atoms with Gasteiger partial charge in [0, 0.05) is 22.5 Å². The molecule has 1 fully saturated rings. The molecule has 134 valence electrons. The van der Waals surface area contributed by atoms with E-state index < -0.39 is 0 Å². The first-order valence-corrected chi connectivity index (χ1v) is 9.96. The molecule has 0 saturated heterocycles. The van der Waals surface area contributed by atoms with Gasteiger partial charge in [0.15, 0.2) is 0 Å². The molecular formula is C21H28N2OS. The molecule has 1 aromatic carbocycles. The molecule has 1 saturated carbocycles. The molecule has 0 aliphatic heterocycles. The van der Waals surface area contributed by atoms with Gasteiger partial charge in [0.1, 0.15) is 0 Å². The summed E-state index contributed by atoms with van der Waals surface area (Å²) >= 11 is 1.81. The first kappa shape index (κ1) is 18.0. The minimum Gasteiger partial charge on any atom is -0.337 e. The van der Waals surface area contributed by atoms with Gasteiger partial charge in [-0.05, 0) is 47.4 Å². The summed E-state index contributed by atoms with van der Waals surface area (Å²) in [4.78, 5) is 13.7. The van der Waals surface area contributed by atoms with Gasteiger partial charge in [0.05, 0.1) is 0 Å². The van der Waals surface area contributed by atoms with E-state index in [1.807, 2.05) is 12.1 Å². The standard InChI is InChI=1S/C21H28N2OS/c1-20(2,3)16-8-10-17(11-9-16)23-19(24)22-15-21(12-4-5-13-21)18-7-6-14-25-18/h6-11,14H,4-5,12-13,15H2,1-3H3,(H2,22,23,24). The van der Waals surface area contributed by atoms with E-state index in [1.165, 1.54) is 23.3 Å². The number of nitrogens with one attached hydrogen (secondary N) is 2. The highest BCUT2D eigenvalue weighted by Crippen LogP contribution is 2.42. The molecule has 3 rings (SSSR count). The average Bonchev–Trinajstić information content (AvgIpc) is 3.25. The van der Waals surface area contributed by atoms with Crippen LogP contribution in [0, 0.1) is 0 Å². The van der Waals surface area contributed by atoms with E-state index in [9.17, 15) is 4.79 Å². The van der Waals surface area contributed by atoms with Gasteiger partial charge in [-0.2, -0.15) is 0 Å². The Morgan fingerprint density at radius 1 is 1.12 bits per heavy atom. The molecule has 0 radical (unpaired) electrons. The Labute approximate surface area is 154 Å². The molecule has 4 heteroatoms. The lowest BCUT2D eigenvalue weighted by Crippen LogP contribution is -2.40. The zero-order valence-corrected chi connectivity index (χ0v) is 16.2. The third-order valence-electron chi connectivity index (χ3n) is 5.20. The van der Waals surface area contributed by atoms with Crippen LogP contribution in [0.3, 0.4) is 0 Å². The highest BCUT2D eigenvalue weighted by molar-refractivity contribution is 7.10. The van der Waals surface area contributed by atoms with Gasteiger partial charge in [-0.15, -0.1) is 11.3 Å². The van der Waals surface area contributed by atoms with Crippen molar-refractivity contribution in [1.29, 1.82) is 0 Å². The Bertz CT molecular complexity index is 692. The molecular weight excluding hydrogens is 328 g/mol. The van der Waals surface area contributed by atoms with Gasteiger partial charge in [0.25, 0.3) is 0 Å². The fraction of sp³-hybridized carbons (Fsp3) is 0.476. The van der Waals surface area contributed by atoms with Crippen LogP contribution < -0.4 is 10.6 Å². The van der Waals surface area contributed by atoms with Crippen LogP contribution in [0.5, 0.6) is 0 Å². The summed E-state index contributed by atoms with van der Waals surface area (Å²) in [5.74, 6) is 0.